The van der Waals surface area contributed by atoms with Crippen LogP contribution >= 0.6 is 0 Å². The van der Waals surface area contributed by atoms with Crippen LogP contribution in [0.25, 0.3) is 0 Å². The molecule has 6 atom stereocenters. The Morgan fingerprint density at radius 3 is 2.37 bits per heavy atom. The van der Waals surface area contributed by atoms with E-state index >= 15 is 0 Å². The molecule has 1 heterocycles. The molecule has 1 N–H and O–H groups in total. The smallest absolute Gasteiger partial charge is 0.308 e. The molecule has 1 unspecified atom stereocenters. The average molecular weight is 547 g/mol. The van der Waals surface area contributed by atoms with Gasteiger partial charge in [0.1, 0.15) is 6.10 Å². The van der Waals surface area contributed by atoms with E-state index in [0.717, 1.165) is 24.0 Å². The van der Waals surface area contributed by atoms with Crippen LogP contribution in [0.15, 0.2) is 42.0 Å². The number of ether oxygens (including phenoxy) is 2. The highest BCUT2D eigenvalue weighted by Crippen LogP contribution is 2.38. The summed E-state index contributed by atoms with van der Waals surface area (Å²) in [5.74, 6) is 0.174. The van der Waals surface area contributed by atoms with E-state index in [4.69, 9.17) is 13.9 Å². The van der Waals surface area contributed by atoms with Crippen LogP contribution in [0.3, 0.4) is 0 Å². The van der Waals surface area contributed by atoms with Gasteiger partial charge in [0.05, 0.1) is 31.3 Å². The number of benzene rings is 1. The van der Waals surface area contributed by atoms with E-state index in [0.29, 0.717) is 18.9 Å². The molecule has 1 saturated heterocycles. The van der Waals surface area contributed by atoms with Gasteiger partial charge in [-0.2, -0.15) is 0 Å². The van der Waals surface area contributed by atoms with E-state index in [9.17, 15) is 9.90 Å². The van der Waals surface area contributed by atoms with Crippen molar-refractivity contribution in [3.05, 3.63) is 47.5 Å². The van der Waals surface area contributed by atoms with Gasteiger partial charge in [-0.1, -0.05) is 84.9 Å². The maximum Gasteiger partial charge on any atom is 0.308 e. The summed E-state index contributed by atoms with van der Waals surface area (Å²) in [6.45, 7) is 22.4. The number of carbonyl (C=O) groups excluding carboxylic acids is 1. The zero-order valence-corrected chi connectivity index (χ0v) is 26.6. The summed E-state index contributed by atoms with van der Waals surface area (Å²) in [4.78, 5) is 12.8. The van der Waals surface area contributed by atoms with Gasteiger partial charge in [0.2, 0.25) is 0 Å². The van der Waals surface area contributed by atoms with Gasteiger partial charge in [0, 0.05) is 5.92 Å². The molecule has 5 nitrogen and oxygen atoms in total. The highest BCUT2D eigenvalue weighted by Gasteiger charge is 2.39. The molecule has 1 aliphatic rings. The normalized spacial score (nSPS) is 24.4. The first kappa shape index (κ1) is 32.7. The van der Waals surface area contributed by atoms with E-state index in [1.165, 1.54) is 0 Å². The summed E-state index contributed by atoms with van der Waals surface area (Å²) in [6, 6.07) is 10.0. The molecule has 0 bridgehead atoms. The van der Waals surface area contributed by atoms with Gasteiger partial charge in [-0.25, -0.2) is 0 Å². The molecule has 216 valence electrons. The first-order chi connectivity index (χ1) is 17.6. The predicted molar refractivity (Wildman–Crippen MR) is 158 cm³/mol. The molecule has 0 aliphatic carbocycles. The number of aliphatic hydroxyl groups excluding tert-OH is 1. The van der Waals surface area contributed by atoms with Crippen molar-refractivity contribution in [3.63, 3.8) is 0 Å². The lowest BCUT2D eigenvalue weighted by molar-refractivity contribution is -0.161. The molecule has 0 aromatic heterocycles. The summed E-state index contributed by atoms with van der Waals surface area (Å²) in [5.41, 5.74) is 2.01. The van der Waals surface area contributed by atoms with Crippen molar-refractivity contribution >= 4 is 14.3 Å². The Hall–Kier alpha value is -1.47. The van der Waals surface area contributed by atoms with Crippen molar-refractivity contribution < 1.29 is 23.8 Å². The quantitative estimate of drug-likeness (QED) is 0.175. The fourth-order valence-corrected chi connectivity index (χ4v) is 6.16. The number of cyclic esters (lactones) is 1. The first-order valence-electron chi connectivity index (χ1n) is 14.5. The van der Waals surface area contributed by atoms with Crippen molar-refractivity contribution in [2.24, 2.45) is 17.8 Å². The Kier molecular flexibility index (Phi) is 12.3. The van der Waals surface area contributed by atoms with Gasteiger partial charge in [-0.15, -0.1) is 0 Å². The van der Waals surface area contributed by atoms with Crippen molar-refractivity contribution in [1.82, 2.24) is 0 Å². The molecule has 38 heavy (non-hydrogen) atoms. The number of hydrogen-bond acceptors (Lipinski definition) is 5. The van der Waals surface area contributed by atoms with Crippen molar-refractivity contribution in [2.45, 2.75) is 130 Å². The Bertz CT molecular complexity index is 889. The van der Waals surface area contributed by atoms with Crippen LogP contribution in [0.4, 0.5) is 0 Å². The monoisotopic (exact) mass is 546 g/mol. The second-order valence-electron chi connectivity index (χ2n) is 13.3. The van der Waals surface area contributed by atoms with Crippen LogP contribution in [0, 0.1) is 17.8 Å². The largest absolute Gasteiger partial charge is 0.462 e. The molecule has 2 rings (SSSR count). The third-order valence-corrected chi connectivity index (χ3v) is 13.2. The van der Waals surface area contributed by atoms with E-state index in [-0.39, 0.29) is 47.6 Å². The van der Waals surface area contributed by atoms with Crippen LogP contribution in [0.1, 0.15) is 86.6 Å². The fraction of sp³-hybridized carbons (Fsp3) is 0.719. The van der Waals surface area contributed by atoms with Crippen molar-refractivity contribution in [3.8, 4) is 0 Å². The molecule has 1 aromatic rings. The van der Waals surface area contributed by atoms with E-state index < -0.39 is 14.4 Å². The summed E-state index contributed by atoms with van der Waals surface area (Å²) in [6.07, 6.45) is 3.68. The highest BCUT2D eigenvalue weighted by atomic mass is 28.4. The van der Waals surface area contributed by atoms with E-state index in [1.807, 2.05) is 44.2 Å². The topological polar surface area (TPSA) is 65.0 Å². The Morgan fingerprint density at radius 2 is 1.79 bits per heavy atom. The number of carbonyl (C=O) groups is 1. The lowest BCUT2D eigenvalue weighted by Gasteiger charge is -2.40. The van der Waals surface area contributed by atoms with Gasteiger partial charge in [0.25, 0.3) is 0 Å². The molecule has 0 radical (unpaired) electrons. The van der Waals surface area contributed by atoms with Crippen LogP contribution in [-0.4, -0.2) is 43.8 Å². The summed E-state index contributed by atoms with van der Waals surface area (Å²) in [5, 5.41) is 11.4. The maximum atomic E-state index is 12.8. The molecule has 0 saturated carbocycles. The molecule has 1 aliphatic heterocycles. The minimum atomic E-state index is -1.89. The van der Waals surface area contributed by atoms with Crippen LogP contribution in [-0.2, 0) is 25.3 Å². The van der Waals surface area contributed by atoms with Crippen LogP contribution in [0.5, 0.6) is 0 Å². The van der Waals surface area contributed by atoms with Crippen molar-refractivity contribution in [2.75, 3.05) is 0 Å². The molecule has 1 fully saturated rings. The van der Waals surface area contributed by atoms with Gasteiger partial charge >= 0.3 is 5.97 Å². The highest BCUT2D eigenvalue weighted by molar-refractivity contribution is 6.74. The first-order valence-corrected chi connectivity index (χ1v) is 17.4. The Morgan fingerprint density at radius 1 is 1.16 bits per heavy atom. The Labute approximate surface area is 233 Å². The maximum absolute atomic E-state index is 12.8. The van der Waals surface area contributed by atoms with Gasteiger partial charge in [-0.05, 0) is 67.3 Å². The summed E-state index contributed by atoms with van der Waals surface area (Å²) in [7, 11) is -1.89. The second-order valence-corrected chi connectivity index (χ2v) is 18.0. The van der Waals surface area contributed by atoms with E-state index in [1.54, 1.807) is 0 Å². The molecule has 0 amide bonds. The molecular formula is C32H54O5Si. The lowest BCUT2D eigenvalue weighted by atomic mass is 9.85. The summed E-state index contributed by atoms with van der Waals surface area (Å²) < 4.78 is 18.7. The van der Waals surface area contributed by atoms with Gasteiger partial charge < -0.3 is 19.0 Å². The minimum Gasteiger partial charge on any atom is -0.462 e. The zero-order chi connectivity index (χ0) is 28.7. The third-order valence-electron chi connectivity index (χ3n) is 8.72. The number of rotatable bonds is 11. The standard InChI is InChI=1S/C32H54O5Si/c1-22(2)27(37-38(9,10)32(6,7)8)18-17-24(4)31(34)25(5)28-19-16-23(3)29(20-30(33)36-28)35-21-26-14-12-11-13-15-26/h11-15,17,22-23,25,27-29,31,34H,16,18-21H2,1-10H3/b24-17+/t23-,25-,27-,28-,29+,31?/m0/s1. The predicted octanol–water partition coefficient (Wildman–Crippen LogP) is 7.68. The SMILES string of the molecule is C/C(=C\C[C@H](O[Si](C)(C)C(C)(C)C)C(C)C)C(O)[C@@H](C)[C@@H]1CC[C@H](C)[C@H](OCc2ccccc2)CC(=O)O1. The molecular weight excluding hydrogens is 492 g/mol. The third kappa shape index (κ3) is 9.62. The minimum absolute atomic E-state index is 0.112. The molecule has 0 spiro atoms. The van der Waals surface area contributed by atoms with Gasteiger partial charge in [0.15, 0.2) is 8.32 Å². The summed E-state index contributed by atoms with van der Waals surface area (Å²) >= 11 is 0. The molecule has 6 heteroatoms. The number of esters is 1. The average Bonchev–Trinajstić information content (AvgIpc) is 2.84. The second kappa shape index (κ2) is 14.2. The van der Waals surface area contributed by atoms with Crippen LogP contribution in [0.2, 0.25) is 18.1 Å². The fourth-order valence-electron chi connectivity index (χ4n) is 4.68. The number of hydrogen-bond donors (Lipinski definition) is 1. The molecule has 1 aromatic carbocycles. The lowest BCUT2D eigenvalue weighted by Crippen LogP contribution is -2.45. The van der Waals surface area contributed by atoms with E-state index in [2.05, 4.69) is 60.7 Å². The number of aliphatic hydroxyl groups is 1. The van der Waals surface area contributed by atoms with Crippen LogP contribution < -0.4 is 0 Å². The Balaban J connectivity index is 1.99. The zero-order valence-electron chi connectivity index (χ0n) is 25.6. The van der Waals surface area contributed by atoms with Crippen molar-refractivity contribution in [1.29, 1.82) is 0 Å². The van der Waals surface area contributed by atoms with Gasteiger partial charge in [-0.3, -0.25) is 4.79 Å².